The van der Waals surface area contributed by atoms with Gasteiger partial charge in [-0.2, -0.15) is 0 Å². The van der Waals surface area contributed by atoms with Gasteiger partial charge in [-0.1, -0.05) is 13.3 Å². The molecule has 1 atom stereocenters. The van der Waals surface area contributed by atoms with Gasteiger partial charge in [0.2, 0.25) is 15.9 Å². The summed E-state index contributed by atoms with van der Waals surface area (Å²) in [5.74, 6) is -0.242. The Morgan fingerprint density at radius 3 is 2.83 bits per heavy atom. The van der Waals surface area contributed by atoms with Crippen LogP contribution in [-0.4, -0.2) is 45.9 Å². The van der Waals surface area contributed by atoms with Crippen LogP contribution in [0.5, 0.6) is 0 Å². The van der Waals surface area contributed by atoms with Crippen LogP contribution in [0.3, 0.4) is 0 Å². The summed E-state index contributed by atoms with van der Waals surface area (Å²) in [5, 5.41) is 2.66. The van der Waals surface area contributed by atoms with Crippen LogP contribution in [0.25, 0.3) is 0 Å². The van der Waals surface area contributed by atoms with Crippen molar-refractivity contribution in [3.05, 3.63) is 0 Å². The molecule has 6 nitrogen and oxygen atoms in total. The fourth-order valence-electron chi connectivity index (χ4n) is 1.68. The number of sulfonamides is 1. The number of unbranched alkanes of at least 4 members (excludes halogenated alkanes) is 1. The SMILES string of the molecule is CCCCS(=O)(=O)NCC(=O)NCC1CCCO1. The Morgan fingerprint density at radius 1 is 1.44 bits per heavy atom. The minimum Gasteiger partial charge on any atom is -0.376 e. The number of ether oxygens (including phenoxy) is 1. The largest absolute Gasteiger partial charge is 0.376 e. The Morgan fingerprint density at radius 2 is 2.22 bits per heavy atom. The second-order valence-corrected chi connectivity index (χ2v) is 6.36. The van der Waals surface area contributed by atoms with E-state index in [9.17, 15) is 13.2 Å². The summed E-state index contributed by atoms with van der Waals surface area (Å²) in [6.07, 6.45) is 3.46. The summed E-state index contributed by atoms with van der Waals surface area (Å²) in [5.41, 5.74) is 0. The van der Waals surface area contributed by atoms with Gasteiger partial charge >= 0.3 is 0 Å². The molecule has 1 fully saturated rings. The smallest absolute Gasteiger partial charge is 0.235 e. The van der Waals surface area contributed by atoms with E-state index in [2.05, 4.69) is 10.0 Å². The third-order valence-corrected chi connectivity index (χ3v) is 4.18. The molecule has 0 aromatic heterocycles. The molecule has 1 aliphatic heterocycles. The zero-order valence-corrected chi connectivity index (χ0v) is 11.6. The molecule has 0 aromatic rings. The molecule has 0 aromatic carbocycles. The summed E-state index contributed by atoms with van der Waals surface area (Å²) in [6, 6.07) is 0. The molecular weight excluding hydrogens is 256 g/mol. The highest BCUT2D eigenvalue weighted by Gasteiger charge is 2.17. The first kappa shape index (κ1) is 15.4. The molecule has 0 saturated carbocycles. The van der Waals surface area contributed by atoms with E-state index in [1.807, 2.05) is 6.92 Å². The van der Waals surface area contributed by atoms with Gasteiger partial charge in [0.15, 0.2) is 0 Å². The van der Waals surface area contributed by atoms with Crippen molar-refractivity contribution in [3.63, 3.8) is 0 Å². The zero-order chi connectivity index (χ0) is 13.4. The van der Waals surface area contributed by atoms with E-state index in [1.165, 1.54) is 0 Å². The average Bonchev–Trinajstić information content (AvgIpc) is 2.84. The summed E-state index contributed by atoms with van der Waals surface area (Å²) < 4.78 is 30.5. The topological polar surface area (TPSA) is 84.5 Å². The van der Waals surface area contributed by atoms with Crippen LogP contribution in [0.4, 0.5) is 0 Å². The molecule has 1 rings (SSSR count). The lowest BCUT2D eigenvalue weighted by molar-refractivity contribution is -0.120. The van der Waals surface area contributed by atoms with E-state index in [0.717, 1.165) is 25.9 Å². The number of carbonyl (C=O) groups is 1. The lowest BCUT2D eigenvalue weighted by atomic mass is 10.2. The summed E-state index contributed by atoms with van der Waals surface area (Å²) in [6.45, 7) is 2.92. The van der Waals surface area contributed by atoms with E-state index in [4.69, 9.17) is 4.74 Å². The van der Waals surface area contributed by atoms with Crippen LogP contribution < -0.4 is 10.0 Å². The molecule has 1 unspecified atom stereocenters. The summed E-state index contributed by atoms with van der Waals surface area (Å²) >= 11 is 0. The van der Waals surface area contributed by atoms with Crippen molar-refractivity contribution in [2.45, 2.75) is 38.7 Å². The number of amides is 1. The molecule has 1 heterocycles. The predicted octanol–water partition coefficient (Wildman–Crippen LogP) is 0.00110. The Labute approximate surface area is 109 Å². The van der Waals surface area contributed by atoms with Crippen molar-refractivity contribution in [1.82, 2.24) is 10.0 Å². The Balaban J connectivity index is 2.15. The van der Waals surface area contributed by atoms with Crippen LogP contribution in [0.2, 0.25) is 0 Å². The number of nitrogens with one attached hydrogen (secondary N) is 2. The molecule has 106 valence electrons. The fraction of sp³-hybridized carbons (Fsp3) is 0.909. The van der Waals surface area contributed by atoms with Gasteiger partial charge in [0.1, 0.15) is 0 Å². The molecule has 0 aliphatic carbocycles. The third-order valence-electron chi connectivity index (χ3n) is 2.77. The highest BCUT2D eigenvalue weighted by atomic mass is 32.2. The Kier molecular flexibility index (Phi) is 6.59. The van der Waals surface area contributed by atoms with E-state index in [0.29, 0.717) is 13.0 Å². The highest BCUT2D eigenvalue weighted by molar-refractivity contribution is 7.89. The van der Waals surface area contributed by atoms with Crippen LogP contribution >= 0.6 is 0 Å². The molecule has 0 bridgehead atoms. The molecule has 1 aliphatic rings. The lowest BCUT2D eigenvalue weighted by Crippen LogP contribution is -2.40. The normalized spacial score (nSPS) is 19.9. The van der Waals surface area contributed by atoms with Crippen molar-refractivity contribution < 1.29 is 17.9 Å². The maximum absolute atomic E-state index is 11.4. The van der Waals surface area contributed by atoms with Crippen molar-refractivity contribution in [3.8, 4) is 0 Å². The highest BCUT2D eigenvalue weighted by Crippen LogP contribution is 2.10. The van der Waals surface area contributed by atoms with Crippen LogP contribution in [0.1, 0.15) is 32.6 Å². The van der Waals surface area contributed by atoms with Crippen LogP contribution in [-0.2, 0) is 19.6 Å². The van der Waals surface area contributed by atoms with Gasteiger partial charge in [0.25, 0.3) is 0 Å². The van der Waals surface area contributed by atoms with Crippen molar-refractivity contribution in [1.29, 1.82) is 0 Å². The van der Waals surface area contributed by atoms with Crippen molar-refractivity contribution in [2.24, 2.45) is 0 Å². The third kappa shape index (κ3) is 6.32. The van der Waals surface area contributed by atoms with E-state index < -0.39 is 10.0 Å². The molecule has 0 radical (unpaired) electrons. The summed E-state index contributed by atoms with van der Waals surface area (Å²) in [4.78, 5) is 11.4. The standard InChI is InChI=1S/C11H22N2O4S/c1-2-3-7-18(15,16)13-9-11(14)12-8-10-5-4-6-17-10/h10,13H,2-9H2,1H3,(H,12,14). The van der Waals surface area contributed by atoms with Gasteiger partial charge in [0, 0.05) is 13.2 Å². The Bertz CT molecular complexity index is 350. The maximum Gasteiger partial charge on any atom is 0.235 e. The van der Waals surface area contributed by atoms with E-state index in [1.54, 1.807) is 0 Å². The van der Waals surface area contributed by atoms with E-state index in [-0.39, 0.29) is 24.3 Å². The van der Waals surface area contributed by atoms with E-state index >= 15 is 0 Å². The molecule has 7 heteroatoms. The number of hydrogen-bond donors (Lipinski definition) is 2. The maximum atomic E-state index is 11.4. The van der Waals surface area contributed by atoms with Gasteiger partial charge in [-0.3, -0.25) is 4.79 Å². The molecule has 18 heavy (non-hydrogen) atoms. The second-order valence-electron chi connectivity index (χ2n) is 4.43. The molecule has 1 saturated heterocycles. The second kappa shape index (κ2) is 7.70. The van der Waals surface area contributed by atoms with Crippen LogP contribution in [0.15, 0.2) is 0 Å². The molecular formula is C11H22N2O4S. The minimum atomic E-state index is -3.32. The molecule has 2 N–H and O–H groups in total. The quantitative estimate of drug-likeness (QED) is 0.654. The fourth-order valence-corrected chi connectivity index (χ4v) is 2.84. The van der Waals surface area contributed by atoms with Gasteiger partial charge in [-0.15, -0.1) is 0 Å². The van der Waals surface area contributed by atoms with Gasteiger partial charge in [-0.25, -0.2) is 13.1 Å². The first-order chi connectivity index (χ1) is 8.53. The first-order valence-electron chi connectivity index (χ1n) is 6.39. The Hall–Kier alpha value is -0.660. The minimum absolute atomic E-state index is 0.0719. The average molecular weight is 278 g/mol. The van der Waals surface area contributed by atoms with Crippen molar-refractivity contribution in [2.75, 3.05) is 25.4 Å². The van der Waals surface area contributed by atoms with Gasteiger partial charge in [-0.05, 0) is 19.3 Å². The predicted molar refractivity (Wildman–Crippen MR) is 68.7 cm³/mol. The zero-order valence-electron chi connectivity index (χ0n) is 10.8. The molecule has 0 spiro atoms. The van der Waals surface area contributed by atoms with Gasteiger partial charge < -0.3 is 10.1 Å². The molecule has 1 amide bonds. The monoisotopic (exact) mass is 278 g/mol. The first-order valence-corrected chi connectivity index (χ1v) is 8.04. The number of carbonyl (C=O) groups excluding carboxylic acids is 1. The van der Waals surface area contributed by atoms with Crippen molar-refractivity contribution >= 4 is 15.9 Å². The number of hydrogen-bond acceptors (Lipinski definition) is 4. The number of rotatable bonds is 8. The van der Waals surface area contributed by atoms with Gasteiger partial charge in [0.05, 0.1) is 18.4 Å². The summed E-state index contributed by atoms with van der Waals surface area (Å²) in [7, 11) is -3.32. The van der Waals surface area contributed by atoms with Crippen LogP contribution in [0, 0.1) is 0 Å². The lowest BCUT2D eigenvalue weighted by Gasteiger charge is -2.11.